The number of alkyl halides is 3. The smallest absolute Gasteiger partial charge is 0.377 e. The highest BCUT2D eigenvalue weighted by atomic mass is 19.4. The zero-order chi connectivity index (χ0) is 17.3. The molecule has 1 aromatic carbocycles. The van der Waals surface area contributed by atoms with Gasteiger partial charge in [0.1, 0.15) is 6.04 Å². The zero-order valence-corrected chi connectivity index (χ0v) is 12.7. The summed E-state index contributed by atoms with van der Waals surface area (Å²) in [6.07, 6.45) is -4.44. The fraction of sp³-hybridized carbons (Fsp3) is 0.400. The standard InChI is InChI=1S/C15H14F3N3O3/c1-9-19-13(20-24-9)12-8-23-7-6-21(12)14(22)10-2-4-11(5-3-10)15(16,17)18/h2-5,12H,6-8H2,1H3. The summed E-state index contributed by atoms with van der Waals surface area (Å²) in [6, 6.07) is 3.58. The molecule has 1 aromatic heterocycles. The molecule has 0 spiro atoms. The molecule has 3 rings (SSSR count). The monoisotopic (exact) mass is 341 g/mol. The molecule has 6 nitrogen and oxygen atoms in total. The van der Waals surface area contributed by atoms with Crippen molar-refractivity contribution in [3.8, 4) is 0 Å². The lowest BCUT2D eigenvalue weighted by molar-refractivity contribution is -0.137. The van der Waals surface area contributed by atoms with Crippen LogP contribution in [0.3, 0.4) is 0 Å². The number of hydrogen-bond acceptors (Lipinski definition) is 5. The Kier molecular flexibility index (Phi) is 4.27. The number of carbonyl (C=O) groups is 1. The van der Waals surface area contributed by atoms with Crippen LogP contribution in [0.15, 0.2) is 28.8 Å². The first-order chi connectivity index (χ1) is 11.4. The minimum atomic E-state index is -4.44. The van der Waals surface area contributed by atoms with Gasteiger partial charge in [-0.3, -0.25) is 4.79 Å². The van der Waals surface area contributed by atoms with Crippen LogP contribution >= 0.6 is 0 Å². The summed E-state index contributed by atoms with van der Waals surface area (Å²) in [7, 11) is 0. The van der Waals surface area contributed by atoms with Crippen molar-refractivity contribution in [2.75, 3.05) is 19.8 Å². The van der Waals surface area contributed by atoms with E-state index >= 15 is 0 Å². The summed E-state index contributed by atoms with van der Waals surface area (Å²) in [5.74, 6) is 0.268. The second kappa shape index (κ2) is 6.23. The molecule has 1 aliphatic rings. The van der Waals surface area contributed by atoms with Crippen molar-refractivity contribution in [3.05, 3.63) is 47.1 Å². The van der Waals surface area contributed by atoms with Crippen molar-refractivity contribution in [3.63, 3.8) is 0 Å². The average Bonchev–Trinajstić information content (AvgIpc) is 3.00. The zero-order valence-electron chi connectivity index (χ0n) is 12.7. The second-order valence-corrected chi connectivity index (χ2v) is 5.34. The van der Waals surface area contributed by atoms with Gasteiger partial charge in [-0.05, 0) is 24.3 Å². The lowest BCUT2D eigenvalue weighted by atomic mass is 10.1. The second-order valence-electron chi connectivity index (χ2n) is 5.34. The molecule has 0 saturated carbocycles. The molecule has 128 valence electrons. The summed E-state index contributed by atoms with van der Waals surface area (Å²) < 4.78 is 48.2. The maximum atomic E-state index is 12.7. The third-order valence-electron chi connectivity index (χ3n) is 3.69. The third-order valence-corrected chi connectivity index (χ3v) is 3.69. The van der Waals surface area contributed by atoms with Gasteiger partial charge in [-0.15, -0.1) is 0 Å². The fourth-order valence-electron chi connectivity index (χ4n) is 2.48. The van der Waals surface area contributed by atoms with Crippen LogP contribution < -0.4 is 0 Å². The number of hydrogen-bond donors (Lipinski definition) is 0. The first-order valence-electron chi connectivity index (χ1n) is 7.22. The number of aromatic nitrogens is 2. The number of amides is 1. The Hall–Kier alpha value is -2.42. The van der Waals surface area contributed by atoms with E-state index in [-0.39, 0.29) is 18.7 Å². The predicted octanol–water partition coefficient (Wildman–Crippen LogP) is 2.61. The van der Waals surface area contributed by atoms with Crippen LogP contribution in [0.5, 0.6) is 0 Å². The number of halogens is 3. The molecule has 1 aliphatic heterocycles. The summed E-state index contributed by atoms with van der Waals surface area (Å²) in [5.41, 5.74) is -0.638. The maximum Gasteiger partial charge on any atom is 0.416 e. The molecule has 0 radical (unpaired) electrons. The van der Waals surface area contributed by atoms with Crippen molar-refractivity contribution in [1.29, 1.82) is 0 Å². The molecule has 9 heteroatoms. The van der Waals surface area contributed by atoms with Crippen molar-refractivity contribution in [2.24, 2.45) is 0 Å². The SMILES string of the molecule is Cc1nc(C2COCCN2C(=O)c2ccc(C(F)(F)F)cc2)no1. The normalized spacial score (nSPS) is 18.7. The van der Waals surface area contributed by atoms with Gasteiger partial charge in [-0.1, -0.05) is 5.16 Å². The largest absolute Gasteiger partial charge is 0.416 e. The van der Waals surface area contributed by atoms with E-state index in [4.69, 9.17) is 9.26 Å². The lowest BCUT2D eigenvalue weighted by Crippen LogP contribution is -2.43. The van der Waals surface area contributed by atoms with Crippen LogP contribution in [-0.2, 0) is 10.9 Å². The van der Waals surface area contributed by atoms with Gasteiger partial charge >= 0.3 is 6.18 Å². The van der Waals surface area contributed by atoms with Crippen molar-refractivity contribution in [2.45, 2.75) is 19.1 Å². The molecule has 24 heavy (non-hydrogen) atoms. The Bertz CT molecular complexity index is 728. The highest BCUT2D eigenvalue weighted by Crippen LogP contribution is 2.30. The van der Waals surface area contributed by atoms with Gasteiger partial charge < -0.3 is 14.2 Å². The van der Waals surface area contributed by atoms with Crippen LogP contribution in [0.2, 0.25) is 0 Å². The van der Waals surface area contributed by atoms with Gasteiger partial charge in [-0.25, -0.2) is 0 Å². The first kappa shape index (κ1) is 16.4. The number of morpholine rings is 1. The number of carbonyl (C=O) groups excluding carboxylic acids is 1. The molecular formula is C15H14F3N3O3. The minimum absolute atomic E-state index is 0.162. The molecular weight excluding hydrogens is 327 g/mol. The molecule has 1 atom stereocenters. The van der Waals surface area contributed by atoms with E-state index in [1.54, 1.807) is 6.92 Å². The maximum absolute atomic E-state index is 12.7. The Morgan fingerprint density at radius 1 is 1.29 bits per heavy atom. The first-order valence-corrected chi connectivity index (χ1v) is 7.22. The van der Waals surface area contributed by atoms with E-state index in [0.717, 1.165) is 12.1 Å². The molecule has 2 aromatic rings. The fourth-order valence-corrected chi connectivity index (χ4v) is 2.48. The predicted molar refractivity (Wildman–Crippen MR) is 75.1 cm³/mol. The van der Waals surface area contributed by atoms with Crippen LogP contribution in [-0.4, -0.2) is 40.7 Å². The summed E-state index contributed by atoms with van der Waals surface area (Å²) in [4.78, 5) is 18.2. The molecule has 0 bridgehead atoms. The van der Waals surface area contributed by atoms with Gasteiger partial charge in [0.15, 0.2) is 5.82 Å². The number of aryl methyl sites for hydroxylation is 1. The number of ether oxygens (including phenoxy) is 1. The molecule has 1 unspecified atom stereocenters. The van der Waals surface area contributed by atoms with Crippen molar-refractivity contribution < 1.29 is 27.2 Å². The van der Waals surface area contributed by atoms with Gasteiger partial charge in [0.2, 0.25) is 5.89 Å². The molecule has 2 heterocycles. The molecule has 1 saturated heterocycles. The van der Waals surface area contributed by atoms with Gasteiger partial charge in [0, 0.05) is 19.0 Å². The van der Waals surface area contributed by atoms with Gasteiger partial charge in [-0.2, -0.15) is 18.2 Å². The summed E-state index contributed by atoms with van der Waals surface area (Å²) in [5, 5.41) is 3.80. The quantitative estimate of drug-likeness (QED) is 0.840. The molecule has 0 aliphatic carbocycles. The topological polar surface area (TPSA) is 68.5 Å². The van der Waals surface area contributed by atoms with Gasteiger partial charge in [0.05, 0.1) is 18.8 Å². The Morgan fingerprint density at radius 3 is 2.58 bits per heavy atom. The Labute approximate surface area is 135 Å². The van der Waals surface area contributed by atoms with E-state index in [2.05, 4.69) is 10.1 Å². The van der Waals surface area contributed by atoms with E-state index in [9.17, 15) is 18.0 Å². The highest BCUT2D eigenvalue weighted by molar-refractivity contribution is 5.94. The van der Waals surface area contributed by atoms with Crippen LogP contribution in [0.1, 0.15) is 33.7 Å². The van der Waals surface area contributed by atoms with Crippen molar-refractivity contribution in [1.82, 2.24) is 15.0 Å². The van der Waals surface area contributed by atoms with E-state index < -0.39 is 23.7 Å². The molecule has 1 fully saturated rings. The molecule has 0 N–H and O–H groups in total. The minimum Gasteiger partial charge on any atom is -0.377 e. The number of rotatable bonds is 2. The van der Waals surface area contributed by atoms with Gasteiger partial charge in [0.25, 0.3) is 5.91 Å². The summed E-state index contributed by atoms with van der Waals surface area (Å²) >= 11 is 0. The Balaban J connectivity index is 1.84. The highest BCUT2D eigenvalue weighted by Gasteiger charge is 2.34. The lowest BCUT2D eigenvalue weighted by Gasteiger charge is -2.33. The van der Waals surface area contributed by atoms with E-state index in [0.29, 0.717) is 18.3 Å². The van der Waals surface area contributed by atoms with Crippen LogP contribution in [0.4, 0.5) is 13.2 Å². The number of benzene rings is 1. The van der Waals surface area contributed by atoms with Crippen LogP contribution in [0.25, 0.3) is 0 Å². The third kappa shape index (κ3) is 3.25. The summed E-state index contributed by atoms with van der Waals surface area (Å²) in [6.45, 7) is 2.45. The Morgan fingerprint density at radius 2 is 2.00 bits per heavy atom. The average molecular weight is 341 g/mol. The van der Waals surface area contributed by atoms with Crippen LogP contribution in [0, 0.1) is 6.92 Å². The van der Waals surface area contributed by atoms with Crippen molar-refractivity contribution >= 4 is 5.91 Å². The molecule has 1 amide bonds. The van der Waals surface area contributed by atoms with E-state index in [1.165, 1.54) is 17.0 Å². The number of nitrogens with zero attached hydrogens (tertiary/aromatic N) is 3. The van der Waals surface area contributed by atoms with E-state index in [1.807, 2.05) is 0 Å².